The predicted molar refractivity (Wildman–Crippen MR) is 69.2 cm³/mol. The van der Waals surface area contributed by atoms with Crippen LogP contribution in [0.15, 0.2) is 24.3 Å². The van der Waals surface area contributed by atoms with Gasteiger partial charge in [0.15, 0.2) is 0 Å². The van der Waals surface area contributed by atoms with E-state index < -0.39 is 15.6 Å². The second kappa shape index (κ2) is 3.99. The molecule has 1 aromatic carbocycles. The fourth-order valence-electron chi connectivity index (χ4n) is 1.59. The molecule has 0 saturated heterocycles. The lowest BCUT2D eigenvalue weighted by Gasteiger charge is -2.19. The van der Waals surface area contributed by atoms with Crippen LogP contribution in [0.4, 0.5) is 5.69 Å². The first kappa shape index (κ1) is 12.4. The maximum atomic E-state index is 11.7. The number of nitrogens with two attached hydrogens (primary N) is 1. The van der Waals surface area contributed by atoms with Gasteiger partial charge >= 0.3 is 0 Å². The fraction of sp³-hybridized carbons (Fsp3) is 0.500. The molecule has 0 unspecified atom stereocenters. The quantitative estimate of drug-likeness (QED) is 0.860. The first-order valence-corrected chi connectivity index (χ1v) is 7.25. The first-order valence-electron chi connectivity index (χ1n) is 5.70. The highest BCUT2D eigenvalue weighted by molar-refractivity contribution is 7.93. The summed E-state index contributed by atoms with van der Waals surface area (Å²) in [7, 11) is -3.17. The molecule has 0 heterocycles. The van der Waals surface area contributed by atoms with Crippen molar-refractivity contribution in [2.24, 2.45) is 5.73 Å². The van der Waals surface area contributed by atoms with Gasteiger partial charge in [-0.1, -0.05) is 12.1 Å². The molecule has 1 aliphatic rings. The van der Waals surface area contributed by atoms with Gasteiger partial charge < -0.3 is 5.73 Å². The van der Waals surface area contributed by atoms with Crippen LogP contribution in [0.3, 0.4) is 0 Å². The Morgan fingerprint density at radius 3 is 2.18 bits per heavy atom. The molecule has 1 fully saturated rings. The minimum Gasteiger partial charge on any atom is -0.322 e. The van der Waals surface area contributed by atoms with Gasteiger partial charge in [0, 0.05) is 11.2 Å². The standard InChI is InChI=1S/C12H18N2O2S/c1-12(2,13)9-3-5-10(6-4-9)14-17(15,16)11-7-8-11/h3-6,11,14H,7-8,13H2,1-2H3. The third-order valence-electron chi connectivity index (χ3n) is 2.85. The number of rotatable bonds is 4. The second-order valence-electron chi connectivity index (χ2n) is 5.15. The summed E-state index contributed by atoms with van der Waals surface area (Å²) in [5.41, 5.74) is 7.13. The van der Waals surface area contributed by atoms with Crippen LogP contribution in [0.2, 0.25) is 0 Å². The molecule has 94 valence electrons. The molecule has 5 heteroatoms. The maximum absolute atomic E-state index is 11.7. The van der Waals surface area contributed by atoms with Crippen LogP contribution in [0.1, 0.15) is 32.3 Å². The molecule has 0 aliphatic heterocycles. The Labute approximate surface area is 102 Å². The second-order valence-corrected chi connectivity index (χ2v) is 7.11. The van der Waals surface area contributed by atoms with E-state index in [2.05, 4.69) is 4.72 Å². The zero-order valence-corrected chi connectivity index (χ0v) is 10.9. The van der Waals surface area contributed by atoms with Crippen molar-refractivity contribution in [3.63, 3.8) is 0 Å². The van der Waals surface area contributed by atoms with Gasteiger partial charge in [0.1, 0.15) is 0 Å². The minimum absolute atomic E-state index is 0.201. The van der Waals surface area contributed by atoms with Crippen LogP contribution in [0.25, 0.3) is 0 Å². The highest BCUT2D eigenvalue weighted by Gasteiger charge is 2.35. The van der Waals surface area contributed by atoms with Gasteiger partial charge in [-0.15, -0.1) is 0 Å². The SMILES string of the molecule is CC(C)(N)c1ccc(NS(=O)(=O)C2CC2)cc1. The van der Waals surface area contributed by atoms with Gasteiger partial charge in [-0.2, -0.15) is 0 Å². The average Bonchev–Trinajstić information content (AvgIpc) is 2.99. The molecule has 1 aliphatic carbocycles. The number of sulfonamides is 1. The number of benzene rings is 1. The maximum Gasteiger partial charge on any atom is 0.235 e. The van der Waals surface area contributed by atoms with E-state index >= 15 is 0 Å². The third kappa shape index (κ3) is 2.98. The van der Waals surface area contributed by atoms with Crippen molar-refractivity contribution in [1.82, 2.24) is 0 Å². The number of anilines is 1. The van der Waals surface area contributed by atoms with E-state index in [-0.39, 0.29) is 5.25 Å². The summed E-state index contributed by atoms with van der Waals surface area (Å²) >= 11 is 0. The molecule has 4 nitrogen and oxygen atoms in total. The van der Waals surface area contributed by atoms with Crippen LogP contribution < -0.4 is 10.5 Å². The van der Waals surface area contributed by atoms with Crippen molar-refractivity contribution >= 4 is 15.7 Å². The van der Waals surface area contributed by atoms with Crippen molar-refractivity contribution in [3.8, 4) is 0 Å². The molecular formula is C12H18N2O2S. The van der Waals surface area contributed by atoms with Crippen LogP contribution in [-0.4, -0.2) is 13.7 Å². The van der Waals surface area contributed by atoms with Gasteiger partial charge in [-0.05, 0) is 44.4 Å². The van der Waals surface area contributed by atoms with E-state index in [0.29, 0.717) is 5.69 Å². The molecule has 1 saturated carbocycles. The monoisotopic (exact) mass is 254 g/mol. The Hall–Kier alpha value is -1.07. The van der Waals surface area contributed by atoms with Crippen LogP contribution in [0.5, 0.6) is 0 Å². The molecule has 0 atom stereocenters. The highest BCUT2D eigenvalue weighted by Crippen LogP contribution is 2.30. The summed E-state index contributed by atoms with van der Waals surface area (Å²) in [5, 5.41) is -0.201. The minimum atomic E-state index is -3.17. The van der Waals surface area contributed by atoms with Gasteiger partial charge in [0.25, 0.3) is 0 Å². The van der Waals surface area contributed by atoms with Crippen LogP contribution >= 0.6 is 0 Å². The zero-order chi connectivity index (χ0) is 12.7. The molecule has 0 amide bonds. The molecule has 17 heavy (non-hydrogen) atoms. The summed E-state index contributed by atoms with van der Waals surface area (Å²) < 4.78 is 26.0. The summed E-state index contributed by atoms with van der Waals surface area (Å²) in [6, 6.07) is 7.21. The Kier molecular flexibility index (Phi) is 2.91. The molecule has 0 aromatic heterocycles. The van der Waals surface area contributed by atoms with E-state index in [1.54, 1.807) is 12.1 Å². The Morgan fingerprint density at radius 2 is 1.76 bits per heavy atom. The Bertz CT molecular complexity index is 496. The van der Waals surface area contributed by atoms with Gasteiger partial charge in [0.05, 0.1) is 5.25 Å². The number of hydrogen-bond acceptors (Lipinski definition) is 3. The summed E-state index contributed by atoms with van der Waals surface area (Å²) in [5.74, 6) is 0. The summed E-state index contributed by atoms with van der Waals surface area (Å²) in [4.78, 5) is 0. The smallest absolute Gasteiger partial charge is 0.235 e. The lowest BCUT2D eigenvalue weighted by atomic mass is 9.96. The lowest BCUT2D eigenvalue weighted by molar-refractivity contribution is 0.554. The van der Waals surface area contributed by atoms with Gasteiger partial charge in [-0.3, -0.25) is 4.72 Å². The summed E-state index contributed by atoms with van der Waals surface area (Å²) in [6.07, 6.45) is 1.53. The van der Waals surface area contributed by atoms with Crippen molar-refractivity contribution < 1.29 is 8.42 Å². The molecule has 2 rings (SSSR count). The Balaban J connectivity index is 2.14. The average molecular weight is 254 g/mol. The summed E-state index contributed by atoms with van der Waals surface area (Å²) in [6.45, 7) is 3.83. The molecule has 1 aromatic rings. The fourth-order valence-corrected chi connectivity index (χ4v) is 2.98. The van der Waals surface area contributed by atoms with Crippen molar-refractivity contribution in [2.45, 2.75) is 37.5 Å². The van der Waals surface area contributed by atoms with Crippen molar-refractivity contribution in [1.29, 1.82) is 0 Å². The van der Waals surface area contributed by atoms with Crippen LogP contribution in [-0.2, 0) is 15.6 Å². The molecular weight excluding hydrogens is 236 g/mol. The van der Waals surface area contributed by atoms with E-state index in [4.69, 9.17) is 5.73 Å². The molecule has 0 spiro atoms. The van der Waals surface area contributed by atoms with Crippen molar-refractivity contribution in [2.75, 3.05) is 4.72 Å². The van der Waals surface area contributed by atoms with E-state index in [1.165, 1.54) is 0 Å². The van der Waals surface area contributed by atoms with Gasteiger partial charge in [-0.25, -0.2) is 8.42 Å². The molecule has 0 bridgehead atoms. The Morgan fingerprint density at radius 1 is 1.24 bits per heavy atom. The van der Waals surface area contributed by atoms with Gasteiger partial charge in [0.2, 0.25) is 10.0 Å². The molecule has 0 radical (unpaired) electrons. The normalized spacial score (nSPS) is 16.9. The lowest BCUT2D eigenvalue weighted by Crippen LogP contribution is -2.28. The largest absolute Gasteiger partial charge is 0.322 e. The first-order chi connectivity index (χ1) is 7.79. The zero-order valence-electron chi connectivity index (χ0n) is 10.1. The number of nitrogens with one attached hydrogen (secondary N) is 1. The topological polar surface area (TPSA) is 72.2 Å². The highest BCUT2D eigenvalue weighted by atomic mass is 32.2. The predicted octanol–water partition coefficient (Wildman–Crippen LogP) is 1.78. The van der Waals surface area contributed by atoms with Crippen molar-refractivity contribution in [3.05, 3.63) is 29.8 Å². The van der Waals surface area contributed by atoms with E-state index in [9.17, 15) is 8.42 Å². The van der Waals surface area contributed by atoms with E-state index in [0.717, 1.165) is 18.4 Å². The van der Waals surface area contributed by atoms with Crippen LogP contribution in [0, 0.1) is 0 Å². The number of hydrogen-bond donors (Lipinski definition) is 2. The molecule has 3 N–H and O–H groups in total. The van der Waals surface area contributed by atoms with E-state index in [1.807, 2.05) is 26.0 Å². The third-order valence-corrected chi connectivity index (χ3v) is 4.72.